The van der Waals surface area contributed by atoms with E-state index in [1.165, 1.54) is 12.1 Å². The van der Waals surface area contributed by atoms with Gasteiger partial charge in [-0.1, -0.05) is 0 Å². The first-order valence-electron chi connectivity index (χ1n) is 7.28. The summed E-state index contributed by atoms with van der Waals surface area (Å²) in [4.78, 5) is 12.0. The second-order valence-electron chi connectivity index (χ2n) is 5.03. The van der Waals surface area contributed by atoms with Gasteiger partial charge >= 0.3 is 5.97 Å². The lowest BCUT2D eigenvalue weighted by molar-refractivity contribution is -0.133. The Kier molecular flexibility index (Phi) is 6.38. The molecule has 0 radical (unpaired) electrons. The van der Waals surface area contributed by atoms with Gasteiger partial charge in [-0.05, 0) is 28.9 Å². The second-order valence-corrected chi connectivity index (χ2v) is 5.88. The molecule has 10 heteroatoms. The molecule has 0 atom stereocenters. The molecule has 0 aromatic heterocycles. The molecule has 0 saturated heterocycles. The maximum absolute atomic E-state index is 13.7. The maximum Gasteiger partial charge on any atom is 0.316 e. The van der Waals surface area contributed by atoms with Crippen LogP contribution in [0.2, 0.25) is 0 Å². The zero-order valence-corrected chi connectivity index (χ0v) is 15.1. The van der Waals surface area contributed by atoms with Gasteiger partial charge in [-0.15, -0.1) is 0 Å². The fourth-order valence-corrected chi connectivity index (χ4v) is 2.62. The Hall–Kier alpha value is -2.67. The van der Waals surface area contributed by atoms with Crippen molar-refractivity contribution < 1.29 is 36.2 Å². The Morgan fingerprint density at radius 1 is 1.07 bits per heavy atom. The summed E-state index contributed by atoms with van der Waals surface area (Å²) >= 11 is 3.06. The van der Waals surface area contributed by atoms with Gasteiger partial charge in [0.2, 0.25) is 5.82 Å². The zero-order valence-electron chi connectivity index (χ0n) is 13.5. The van der Waals surface area contributed by atoms with Crippen LogP contribution in [0.3, 0.4) is 0 Å². The molecule has 0 spiro atoms. The number of carbonyl (C=O) groups is 1. The Bertz CT molecular complexity index is 930. The van der Waals surface area contributed by atoms with Gasteiger partial charge in [0.1, 0.15) is 0 Å². The molecule has 0 fully saturated rings. The molecule has 0 bridgehead atoms. The summed E-state index contributed by atoms with van der Waals surface area (Å²) in [6.07, 6.45) is -1.22. The van der Waals surface area contributed by atoms with E-state index in [0.717, 1.165) is 0 Å². The Morgan fingerprint density at radius 2 is 1.63 bits per heavy atom. The standard InChI is InChI=1S/C17H9BrF5NO3/c1-2-26-10-4-7(6-24)3-9(18)17(10)27-11(25)5-8-12(19)14(21)16(23)15(22)13(8)20/h3-4H,2,5H2,1H3. The molecule has 2 aromatic carbocycles. The fraction of sp³-hybridized carbons (Fsp3) is 0.176. The third kappa shape index (κ3) is 4.19. The average Bonchev–Trinajstić information content (AvgIpc) is 2.64. The molecular weight excluding hydrogens is 441 g/mol. The molecule has 0 unspecified atom stereocenters. The van der Waals surface area contributed by atoms with Gasteiger partial charge in [-0.3, -0.25) is 4.79 Å². The van der Waals surface area contributed by atoms with E-state index in [0.29, 0.717) is 0 Å². The highest BCUT2D eigenvalue weighted by atomic mass is 79.9. The molecule has 0 heterocycles. The molecule has 4 nitrogen and oxygen atoms in total. The molecule has 0 aliphatic rings. The van der Waals surface area contributed by atoms with Crippen LogP contribution in [-0.4, -0.2) is 12.6 Å². The maximum atomic E-state index is 13.7. The Balaban J connectivity index is 2.37. The summed E-state index contributed by atoms with van der Waals surface area (Å²) in [6.45, 7) is 1.76. The van der Waals surface area contributed by atoms with Crippen molar-refractivity contribution >= 4 is 21.9 Å². The molecular formula is C17H9BrF5NO3. The van der Waals surface area contributed by atoms with Crippen molar-refractivity contribution in [2.24, 2.45) is 0 Å². The normalized spacial score (nSPS) is 10.4. The molecule has 0 saturated carbocycles. The van der Waals surface area contributed by atoms with Crippen molar-refractivity contribution in [1.29, 1.82) is 5.26 Å². The Labute approximate surface area is 158 Å². The molecule has 0 aliphatic heterocycles. The molecule has 0 amide bonds. The van der Waals surface area contributed by atoms with Crippen molar-refractivity contribution in [3.05, 3.63) is 56.8 Å². The van der Waals surface area contributed by atoms with E-state index in [9.17, 15) is 26.7 Å². The first-order chi connectivity index (χ1) is 12.7. The van der Waals surface area contributed by atoms with E-state index in [1.807, 2.05) is 6.07 Å². The fourth-order valence-electron chi connectivity index (χ4n) is 2.09. The topological polar surface area (TPSA) is 59.3 Å². The second kappa shape index (κ2) is 8.35. The number of carbonyl (C=O) groups excluding carboxylic acids is 1. The molecule has 2 rings (SSSR count). The Morgan fingerprint density at radius 3 is 2.15 bits per heavy atom. The van der Waals surface area contributed by atoms with Gasteiger partial charge in [0, 0.05) is 11.6 Å². The highest BCUT2D eigenvalue weighted by Gasteiger charge is 2.28. The van der Waals surface area contributed by atoms with Crippen molar-refractivity contribution in [3.63, 3.8) is 0 Å². The molecule has 27 heavy (non-hydrogen) atoms. The van der Waals surface area contributed by atoms with Gasteiger partial charge in [-0.25, -0.2) is 22.0 Å². The van der Waals surface area contributed by atoms with E-state index in [4.69, 9.17) is 14.7 Å². The van der Waals surface area contributed by atoms with E-state index in [1.54, 1.807) is 6.92 Å². The highest BCUT2D eigenvalue weighted by Crippen LogP contribution is 2.37. The number of halogens is 6. The van der Waals surface area contributed by atoms with Gasteiger partial charge in [0.15, 0.2) is 34.8 Å². The van der Waals surface area contributed by atoms with Crippen LogP contribution in [0.4, 0.5) is 22.0 Å². The largest absolute Gasteiger partial charge is 0.490 e. The zero-order chi connectivity index (χ0) is 20.3. The summed E-state index contributed by atoms with van der Waals surface area (Å²) in [5, 5.41) is 8.94. The number of nitrogens with zero attached hydrogens (tertiary/aromatic N) is 1. The summed E-state index contributed by atoms with van der Waals surface area (Å²) in [7, 11) is 0. The number of benzene rings is 2. The van der Waals surface area contributed by atoms with E-state index >= 15 is 0 Å². The third-order valence-corrected chi connectivity index (χ3v) is 3.87. The third-order valence-electron chi connectivity index (χ3n) is 3.28. The number of nitriles is 1. The number of esters is 1. The quantitative estimate of drug-likeness (QED) is 0.220. The predicted octanol–water partition coefficient (Wildman–Crippen LogP) is 4.56. The first kappa shape index (κ1) is 20.6. The van der Waals surface area contributed by atoms with Crippen molar-refractivity contribution in [1.82, 2.24) is 0 Å². The van der Waals surface area contributed by atoms with Crippen LogP contribution >= 0.6 is 15.9 Å². The number of rotatable bonds is 5. The van der Waals surface area contributed by atoms with Crippen molar-refractivity contribution in [2.45, 2.75) is 13.3 Å². The average molecular weight is 450 g/mol. The van der Waals surface area contributed by atoms with Gasteiger partial charge < -0.3 is 9.47 Å². The van der Waals surface area contributed by atoms with Gasteiger partial charge in [0.05, 0.1) is 29.1 Å². The molecule has 142 valence electrons. The predicted molar refractivity (Wildman–Crippen MR) is 85.6 cm³/mol. The van der Waals surface area contributed by atoms with Crippen LogP contribution in [0.15, 0.2) is 16.6 Å². The van der Waals surface area contributed by atoms with E-state index < -0.39 is 47.0 Å². The monoisotopic (exact) mass is 449 g/mol. The van der Waals surface area contributed by atoms with Gasteiger partial charge in [0.25, 0.3) is 0 Å². The minimum absolute atomic E-state index is 0.0193. The van der Waals surface area contributed by atoms with Crippen LogP contribution in [0.1, 0.15) is 18.1 Å². The molecule has 0 N–H and O–H groups in total. The smallest absolute Gasteiger partial charge is 0.316 e. The highest BCUT2D eigenvalue weighted by molar-refractivity contribution is 9.10. The van der Waals surface area contributed by atoms with Crippen LogP contribution in [-0.2, 0) is 11.2 Å². The van der Waals surface area contributed by atoms with Crippen molar-refractivity contribution in [3.8, 4) is 17.6 Å². The first-order valence-corrected chi connectivity index (χ1v) is 8.07. The lowest BCUT2D eigenvalue weighted by atomic mass is 10.1. The number of hydrogen-bond acceptors (Lipinski definition) is 4. The van der Waals surface area contributed by atoms with Gasteiger partial charge in [-0.2, -0.15) is 5.26 Å². The van der Waals surface area contributed by atoms with Crippen LogP contribution in [0.5, 0.6) is 11.5 Å². The van der Waals surface area contributed by atoms with Crippen LogP contribution in [0, 0.1) is 40.4 Å². The van der Waals surface area contributed by atoms with E-state index in [2.05, 4.69) is 15.9 Å². The minimum Gasteiger partial charge on any atom is -0.490 e. The summed E-state index contributed by atoms with van der Waals surface area (Å²) < 4.78 is 77.2. The van der Waals surface area contributed by atoms with Crippen LogP contribution in [0.25, 0.3) is 0 Å². The summed E-state index contributed by atoms with van der Waals surface area (Å²) in [6, 6.07) is 4.41. The van der Waals surface area contributed by atoms with Crippen LogP contribution < -0.4 is 9.47 Å². The lowest BCUT2D eigenvalue weighted by Gasteiger charge is -2.13. The molecule has 2 aromatic rings. The number of hydrogen-bond donors (Lipinski definition) is 0. The van der Waals surface area contributed by atoms with Crippen molar-refractivity contribution in [2.75, 3.05) is 6.61 Å². The minimum atomic E-state index is -2.32. The molecule has 0 aliphatic carbocycles. The van der Waals surface area contributed by atoms with E-state index in [-0.39, 0.29) is 28.1 Å². The lowest BCUT2D eigenvalue weighted by Crippen LogP contribution is -2.17. The SMILES string of the molecule is CCOc1cc(C#N)cc(Br)c1OC(=O)Cc1c(F)c(F)c(F)c(F)c1F. The summed E-state index contributed by atoms with van der Waals surface area (Å²) in [5.74, 6) is -12.4. The number of ether oxygens (including phenoxy) is 2. The summed E-state index contributed by atoms with van der Waals surface area (Å²) in [5.41, 5.74) is -1.15.